The largest absolute Gasteiger partial charge is 0.356 e. The second-order valence-corrected chi connectivity index (χ2v) is 7.25. The topological polar surface area (TPSA) is 53.7 Å². The van der Waals surface area contributed by atoms with Gasteiger partial charge in [-0.15, -0.1) is 0 Å². The fourth-order valence-corrected chi connectivity index (χ4v) is 3.45. The number of guanidine groups is 1. The predicted octanol–water partition coefficient (Wildman–Crippen LogP) is 3.34. The second kappa shape index (κ2) is 6.91. The molecule has 23 heavy (non-hydrogen) atoms. The SMILES string of the molecule is CCC1(CNC(=NC)NCc2cn3cc(Br)ccc3n2)CCC1. The molecule has 6 heteroatoms. The zero-order chi connectivity index (χ0) is 16.3. The van der Waals surface area contributed by atoms with E-state index >= 15 is 0 Å². The molecule has 3 rings (SSSR count). The van der Waals surface area contributed by atoms with Gasteiger partial charge < -0.3 is 15.0 Å². The minimum absolute atomic E-state index is 0.479. The monoisotopic (exact) mass is 377 g/mol. The average molecular weight is 378 g/mol. The lowest BCUT2D eigenvalue weighted by Crippen LogP contribution is -2.46. The van der Waals surface area contributed by atoms with Crippen LogP contribution in [0.5, 0.6) is 0 Å². The van der Waals surface area contributed by atoms with Crippen LogP contribution >= 0.6 is 15.9 Å². The van der Waals surface area contributed by atoms with E-state index in [-0.39, 0.29) is 0 Å². The van der Waals surface area contributed by atoms with E-state index in [0.717, 1.165) is 28.3 Å². The maximum Gasteiger partial charge on any atom is 0.191 e. The number of fused-ring (bicyclic) bond motifs is 1. The molecule has 2 aromatic rings. The van der Waals surface area contributed by atoms with E-state index in [9.17, 15) is 0 Å². The lowest BCUT2D eigenvalue weighted by atomic mass is 9.67. The van der Waals surface area contributed by atoms with E-state index in [1.807, 2.05) is 36.0 Å². The Kier molecular flexibility index (Phi) is 4.90. The number of rotatable bonds is 5. The summed E-state index contributed by atoms with van der Waals surface area (Å²) in [6, 6.07) is 4.01. The molecule has 0 radical (unpaired) electrons. The Morgan fingerprint density at radius 1 is 1.35 bits per heavy atom. The zero-order valence-corrected chi connectivity index (χ0v) is 15.4. The molecule has 0 spiro atoms. The Hall–Kier alpha value is -1.56. The highest BCUT2D eigenvalue weighted by Gasteiger charge is 2.34. The van der Waals surface area contributed by atoms with Crippen molar-refractivity contribution in [3.63, 3.8) is 0 Å². The summed E-state index contributed by atoms with van der Waals surface area (Å²) in [6.45, 7) is 3.95. The van der Waals surface area contributed by atoms with Crippen molar-refractivity contribution in [1.82, 2.24) is 20.0 Å². The molecule has 2 heterocycles. The Labute approximate surface area is 145 Å². The van der Waals surface area contributed by atoms with Gasteiger partial charge in [0.25, 0.3) is 0 Å². The van der Waals surface area contributed by atoms with Crippen LogP contribution < -0.4 is 10.6 Å². The molecule has 1 aliphatic carbocycles. The van der Waals surface area contributed by atoms with Crippen LogP contribution in [0, 0.1) is 5.41 Å². The minimum Gasteiger partial charge on any atom is -0.356 e. The third-order valence-electron chi connectivity index (χ3n) is 4.92. The van der Waals surface area contributed by atoms with Crippen molar-refractivity contribution >= 4 is 27.5 Å². The highest BCUT2D eigenvalue weighted by atomic mass is 79.9. The molecule has 5 nitrogen and oxygen atoms in total. The van der Waals surface area contributed by atoms with Gasteiger partial charge in [0.15, 0.2) is 5.96 Å². The quantitative estimate of drug-likeness (QED) is 0.620. The maximum atomic E-state index is 4.61. The van der Waals surface area contributed by atoms with Crippen LogP contribution in [0.4, 0.5) is 0 Å². The van der Waals surface area contributed by atoms with E-state index in [4.69, 9.17) is 0 Å². The summed E-state index contributed by atoms with van der Waals surface area (Å²) in [5.74, 6) is 0.850. The van der Waals surface area contributed by atoms with E-state index in [2.05, 4.69) is 43.5 Å². The molecule has 0 aromatic carbocycles. The third-order valence-corrected chi connectivity index (χ3v) is 5.39. The Balaban J connectivity index is 1.56. The van der Waals surface area contributed by atoms with Crippen molar-refractivity contribution in [2.75, 3.05) is 13.6 Å². The van der Waals surface area contributed by atoms with Gasteiger partial charge in [-0.2, -0.15) is 0 Å². The molecule has 0 unspecified atom stereocenters. The number of hydrogen-bond acceptors (Lipinski definition) is 2. The Morgan fingerprint density at radius 2 is 2.17 bits per heavy atom. The summed E-state index contributed by atoms with van der Waals surface area (Å²) in [7, 11) is 1.81. The molecule has 1 saturated carbocycles. The standard InChI is InChI=1S/C17H24BrN5/c1-3-17(7-4-8-17)12-21-16(19-2)20-9-14-11-23-10-13(18)5-6-15(23)22-14/h5-6,10-11H,3-4,7-9,12H2,1-2H3,(H2,19,20,21). The van der Waals surface area contributed by atoms with E-state index in [1.165, 1.54) is 25.7 Å². The summed E-state index contributed by atoms with van der Waals surface area (Å²) in [6.07, 6.45) is 9.31. The van der Waals surface area contributed by atoms with Crippen LogP contribution in [0.3, 0.4) is 0 Å². The van der Waals surface area contributed by atoms with Crippen molar-refractivity contribution in [1.29, 1.82) is 0 Å². The van der Waals surface area contributed by atoms with Gasteiger partial charge in [-0.05, 0) is 52.7 Å². The average Bonchev–Trinajstić information content (AvgIpc) is 2.91. The van der Waals surface area contributed by atoms with Gasteiger partial charge in [-0.3, -0.25) is 4.99 Å². The van der Waals surface area contributed by atoms with Gasteiger partial charge in [0, 0.05) is 30.5 Å². The fraction of sp³-hybridized carbons (Fsp3) is 0.529. The highest BCUT2D eigenvalue weighted by Crippen LogP contribution is 2.42. The first-order valence-electron chi connectivity index (χ1n) is 8.22. The molecule has 2 N–H and O–H groups in total. The Bertz CT molecular complexity index is 697. The summed E-state index contributed by atoms with van der Waals surface area (Å²) in [5.41, 5.74) is 2.43. The molecule has 2 aromatic heterocycles. The van der Waals surface area contributed by atoms with E-state index < -0.39 is 0 Å². The minimum atomic E-state index is 0.479. The van der Waals surface area contributed by atoms with E-state index in [1.54, 1.807) is 0 Å². The predicted molar refractivity (Wildman–Crippen MR) is 97.7 cm³/mol. The molecule has 0 saturated heterocycles. The number of nitrogens with zero attached hydrogens (tertiary/aromatic N) is 3. The molecule has 124 valence electrons. The number of imidazole rings is 1. The molecule has 1 fully saturated rings. The van der Waals surface area contributed by atoms with Crippen molar-refractivity contribution in [2.45, 2.75) is 39.2 Å². The summed E-state index contributed by atoms with van der Waals surface area (Å²) in [5, 5.41) is 6.83. The van der Waals surface area contributed by atoms with Crippen molar-refractivity contribution in [2.24, 2.45) is 10.4 Å². The molecule has 0 bridgehead atoms. The van der Waals surface area contributed by atoms with Crippen LogP contribution in [0.1, 0.15) is 38.3 Å². The number of pyridine rings is 1. The molecule has 1 aliphatic rings. The van der Waals surface area contributed by atoms with Crippen LogP contribution in [-0.4, -0.2) is 28.9 Å². The van der Waals surface area contributed by atoms with Gasteiger partial charge in [-0.1, -0.05) is 13.3 Å². The molecular formula is C17H24BrN5. The number of hydrogen-bond donors (Lipinski definition) is 2. The maximum absolute atomic E-state index is 4.61. The first-order chi connectivity index (χ1) is 11.1. The molecule has 0 aliphatic heterocycles. The Morgan fingerprint density at radius 3 is 2.83 bits per heavy atom. The van der Waals surface area contributed by atoms with Gasteiger partial charge in [0.05, 0.1) is 12.2 Å². The van der Waals surface area contributed by atoms with Crippen LogP contribution in [0.15, 0.2) is 34.0 Å². The van der Waals surface area contributed by atoms with Gasteiger partial charge in [-0.25, -0.2) is 4.98 Å². The normalized spacial score (nSPS) is 17.1. The lowest BCUT2D eigenvalue weighted by molar-refractivity contribution is 0.131. The van der Waals surface area contributed by atoms with Crippen LogP contribution in [0.2, 0.25) is 0 Å². The highest BCUT2D eigenvalue weighted by molar-refractivity contribution is 9.10. The fourth-order valence-electron chi connectivity index (χ4n) is 3.10. The first kappa shape index (κ1) is 16.3. The number of aromatic nitrogens is 2. The summed E-state index contributed by atoms with van der Waals surface area (Å²) < 4.78 is 3.07. The van der Waals surface area contributed by atoms with Crippen LogP contribution in [0.25, 0.3) is 5.65 Å². The zero-order valence-electron chi connectivity index (χ0n) is 13.8. The van der Waals surface area contributed by atoms with Crippen molar-refractivity contribution in [3.05, 3.63) is 34.7 Å². The smallest absolute Gasteiger partial charge is 0.191 e. The first-order valence-corrected chi connectivity index (χ1v) is 9.01. The summed E-state index contributed by atoms with van der Waals surface area (Å²) in [4.78, 5) is 8.93. The van der Waals surface area contributed by atoms with Gasteiger partial charge in [0.2, 0.25) is 0 Å². The van der Waals surface area contributed by atoms with Crippen molar-refractivity contribution in [3.8, 4) is 0 Å². The second-order valence-electron chi connectivity index (χ2n) is 6.33. The summed E-state index contributed by atoms with van der Waals surface area (Å²) >= 11 is 3.48. The molecule has 0 atom stereocenters. The lowest BCUT2D eigenvalue weighted by Gasteiger charge is -2.41. The number of aliphatic imine (C=N–C) groups is 1. The molecular weight excluding hydrogens is 354 g/mol. The van der Waals surface area contributed by atoms with Gasteiger partial charge in [0.1, 0.15) is 5.65 Å². The third kappa shape index (κ3) is 3.68. The van der Waals surface area contributed by atoms with E-state index in [0.29, 0.717) is 12.0 Å². The number of halogens is 1. The number of nitrogens with one attached hydrogen (secondary N) is 2. The molecule has 0 amide bonds. The van der Waals surface area contributed by atoms with Crippen molar-refractivity contribution < 1.29 is 0 Å². The van der Waals surface area contributed by atoms with Crippen LogP contribution in [-0.2, 0) is 6.54 Å². The van der Waals surface area contributed by atoms with Gasteiger partial charge >= 0.3 is 0 Å².